The minimum atomic E-state index is -0.114. The molecule has 0 unspecified atom stereocenters. The smallest absolute Gasteiger partial charge is 0.258 e. The summed E-state index contributed by atoms with van der Waals surface area (Å²) in [6.45, 7) is 5.65. The third-order valence-corrected chi connectivity index (χ3v) is 4.27. The van der Waals surface area contributed by atoms with Gasteiger partial charge in [0, 0.05) is 25.4 Å². The van der Waals surface area contributed by atoms with Crippen molar-refractivity contribution in [2.24, 2.45) is 0 Å². The quantitative estimate of drug-likeness (QED) is 0.727. The topological polar surface area (TPSA) is 37.6 Å². The van der Waals surface area contributed by atoms with Crippen LogP contribution in [-0.4, -0.2) is 21.3 Å². The molecule has 0 amide bonds. The van der Waals surface area contributed by atoms with E-state index in [9.17, 15) is 4.79 Å². The summed E-state index contributed by atoms with van der Waals surface area (Å²) >= 11 is 5.94. The van der Waals surface area contributed by atoms with Gasteiger partial charge in [-0.2, -0.15) is 0 Å². The van der Waals surface area contributed by atoms with Crippen molar-refractivity contribution in [3.63, 3.8) is 0 Å². The van der Waals surface area contributed by atoms with Gasteiger partial charge in [0.1, 0.15) is 5.65 Å². The Kier molecular flexibility index (Phi) is 4.69. The Morgan fingerprint density at radius 1 is 1.12 bits per heavy atom. The second kappa shape index (κ2) is 6.75. The lowest BCUT2D eigenvalue weighted by molar-refractivity contribution is 0.314. The number of pyridine rings is 1. The van der Waals surface area contributed by atoms with Crippen LogP contribution in [0.2, 0.25) is 5.02 Å². The minimum absolute atomic E-state index is 0.114. The van der Waals surface area contributed by atoms with Crippen molar-refractivity contribution in [3.8, 4) is 0 Å². The molecule has 0 bridgehead atoms. The summed E-state index contributed by atoms with van der Waals surface area (Å²) in [4.78, 5) is 18.9. The second-order valence-electron chi connectivity index (χ2n) is 6.26. The van der Waals surface area contributed by atoms with Gasteiger partial charge in [-0.25, -0.2) is 4.98 Å². The minimum Gasteiger partial charge on any atom is -0.296 e. The highest BCUT2D eigenvalue weighted by molar-refractivity contribution is 6.30. The zero-order valence-corrected chi connectivity index (χ0v) is 14.8. The molecule has 24 heavy (non-hydrogen) atoms. The fourth-order valence-electron chi connectivity index (χ4n) is 2.85. The molecular weight excluding hydrogens is 322 g/mol. The van der Waals surface area contributed by atoms with Crippen LogP contribution in [0.1, 0.15) is 22.4 Å². The predicted octanol–water partition coefficient (Wildman–Crippen LogP) is 3.60. The first-order valence-electron chi connectivity index (χ1n) is 7.85. The van der Waals surface area contributed by atoms with Crippen molar-refractivity contribution in [1.82, 2.24) is 14.3 Å². The van der Waals surface area contributed by atoms with Gasteiger partial charge < -0.3 is 0 Å². The van der Waals surface area contributed by atoms with E-state index in [1.807, 2.05) is 7.05 Å². The summed E-state index contributed by atoms with van der Waals surface area (Å²) in [5, 5.41) is 0.520. The lowest BCUT2D eigenvalue weighted by Crippen LogP contribution is -2.22. The van der Waals surface area contributed by atoms with Gasteiger partial charge in [0.15, 0.2) is 0 Å². The summed E-state index contributed by atoms with van der Waals surface area (Å²) in [6, 6.07) is 11.5. The number of halogens is 1. The van der Waals surface area contributed by atoms with E-state index in [0.717, 1.165) is 12.2 Å². The number of benzene rings is 1. The van der Waals surface area contributed by atoms with Crippen molar-refractivity contribution in [2.75, 3.05) is 7.05 Å². The molecule has 0 saturated carbocycles. The van der Waals surface area contributed by atoms with Crippen molar-refractivity contribution in [1.29, 1.82) is 0 Å². The third kappa shape index (κ3) is 3.66. The molecule has 124 valence electrons. The molecule has 0 radical (unpaired) electrons. The van der Waals surface area contributed by atoms with E-state index in [-0.39, 0.29) is 5.56 Å². The first-order valence-corrected chi connectivity index (χ1v) is 8.23. The molecule has 0 aliphatic heterocycles. The van der Waals surface area contributed by atoms with Gasteiger partial charge in [0.2, 0.25) is 0 Å². The lowest BCUT2D eigenvalue weighted by Gasteiger charge is -2.18. The van der Waals surface area contributed by atoms with Gasteiger partial charge in [0.05, 0.1) is 10.7 Å². The fourth-order valence-corrected chi connectivity index (χ4v) is 3.01. The molecule has 2 heterocycles. The van der Waals surface area contributed by atoms with Gasteiger partial charge in [0.25, 0.3) is 5.56 Å². The monoisotopic (exact) mass is 341 g/mol. The maximum atomic E-state index is 12.2. The Hall–Kier alpha value is -2.17. The lowest BCUT2D eigenvalue weighted by atomic mass is 10.1. The number of hydrogen-bond donors (Lipinski definition) is 0. The Morgan fingerprint density at radius 2 is 1.92 bits per heavy atom. The third-order valence-electron chi connectivity index (χ3n) is 4.05. The van der Waals surface area contributed by atoms with Crippen molar-refractivity contribution < 1.29 is 0 Å². The molecule has 4 nitrogen and oxygen atoms in total. The first kappa shape index (κ1) is 16.7. The maximum absolute atomic E-state index is 12.2. The van der Waals surface area contributed by atoms with Crippen LogP contribution in [0.25, 0.3) is 5.65 Å². The Morgan fingerprint density at radius 3 is 2.67 bits per heavy atom. The van der Waals surface area contributed by atoms with Gasteiger partial charge in [-0.05, 0) is 44.2 Å². The Labute approximate surface area is 146 Å². The van der Waals surface area contributed by atoms with E-state index in [0.29, 0.717) is 17.2 Å². The van der Waals surface area contributed by atoms with Crippen LogP contribution in [-0.2, 0) is 13.1 Å². The molecule has 0 spiro atoms. The second-order valence-corrected chi connectivity index (χ2v) is 6.70. The van der Waals surface area contributed by atoms with Crippen LogP contribution >= 0.6 is 11.6 Å². The number of fused-ring (bicyclic) bond motifs is 1. The SMILES string of the molecule is Cc1ccc(CN(C)Cc2cc(=O)n3cc(Cl)ccc3n2)c(C)c1. The van der Waals surface area contributed by atoms with Gasteiger partial charge in [-0.3, -0.25) is 14.1 Å². The molecule has 0 aliphatic rings. The number of aromatic nitrogens is 2. The zero-order valence-electron chi connectivity index (χ0n) is 14.1. The molecule has 2 aromatic heterocycles. The van der Waals surface area contributed by atoms with Crippen LogP contribution in [0, 0.1) is 13.8 Å². The number of rotatable bonds is 4. The largest absolute Gasteiger partial charge is 0.296 e. The molecule has 3 rings (SSSR count). The molecule has 0 saturated heterocycles. The van der Waals surface area contributed by atoms with Gasteiger partial charge in [-0.15, -0.1) is 0 Å². The van der Waals surface area contributed by atoms with Crippen LogP contribution < -0.4 is 5.56 Å². The predicted molar refractivity (Wildman–Crippen MR) is 97.6 cm³/mol. The normalized spacial score (nSPS) is 11.4. The van der Waals surface area contributed by atoms with Crippen molar-refractivity contribution in [3.05, 3.63) is 80.4 Å². The molecule has 3 aromatic rings. The first-order chi connectivity index (χ1) is 11.4. The summed E-state index contributed by atoms with van der Waals surface area (Å²) in [5.41, 5.74) is 5.09. The highest BCUT2D eigenvalue weighted by Gasteiger charge is 2.08. The average molecular weight is 342 g/mol. The highest BCUT2D eigenvalue weighted by atomic mass is 35.5. The van der Waals surface area contributed by atoms with Crippen LogP contribution in [0.3, 0.4) is 0 Å². The molecule has 5 heteroatoms. The van der Waals surface area contributed by atoms with E-state index in [1.54, 1.807) is 24.4 Å². The van der Waals surface area contributed by atoms with Crippen molar-refractivity contribution in [2.45, 2.75) is 26.9 Å². The van der Waals surface area contributed by atoms with E-state index in [1.165, 1.54) is 21.1 Å². The number of nitrogens with zero attached hydrogens (tertiary/aromatic N) is 3. The molecule has 0 fully saturated rings. The standard InChI is InChI=1S/C19H20ClN3O/c1-13-4-5-15(14(2)8-13)10-22(3)12-17-9-19(24)23-11-16(20)6-7-18(23)21-17/h4-9,11H,10,12H2,1-3H3. The highest BCUT2D eigenvalue weighted by Crippen LogP contribution is 2.14. The van der Waals surface area contributed by atoms with Crippen LogP contribution in [0.4, 0.5) is 0 Å². The molecule has 0 N–H and O–H groups in total. The maximum Gasteiger partial charge on any atom is 0.258 e. The Balaban J connectivity index is 1.81. The number of aryl methyl sites for hydroxylation is 2. The number of hydrogen-bond acceptors (Lipinski definition) is 3. The molecule has 0 aliphatic carbocycles. The summed E-state index contributed by atoms with van der Waals surface area (Å²) in [6.07, 6.45) is 1.59. The zero-order chi connectivity index (χ0) is 17.3. The Bertz CT molecular complexity index is 949. The van der Waals surface area contributed by atoms with E-state index in [4.69, 9.17) is 11.6 Å². The average Bonchev–Trinajstić information content (AvgIpc) is 2.51. The van der Waals surface area contributed by atoms with Gasteiger partial charge >= 0.3 is 0 Å². The molecule has 0 atom stereocenters. The summed E-state index contributed by atoms with van der Waals surface area (Å²) in [5.74, 6) is 0. The van der Waals surface area contributed by atoms with Gasteiger partial charge in [-0.1, -0.05) is 35.4 Å². The van der Waals surface area contributed by atoms with E-state index < -0.39 is 0 Å². The van der Waals surface area contributed by atoms with Crippen LogP contribution in [0.15, 0.2) is 47.4 Å². The summed E-state index contributed by atoms with van der Waals surface area (Å²) < 4.78 is 1.47. The summed E-state index contributed by atoms with van der Waals surface area (Å²) in [7, 11) is 2.03. The van der Waals surface area contributed by atoms with E-state index in [2.05, 4.69) is 41.9 Å². The molecular formula is C19H20ClN3O. The molecule has 1 aromatic carbocycles. The fraction of sp³-hybridized carbons (Fsp3) is 0.263. The van der Waals surface area contributed by atoms with Crippen LogP contribution in [0.5, 0.6) is 0 Å². The van der Waals surface area contributed by atoms with E-state index >= 15 is 0 Å². The van der Waals surface area contributed by atoms with Crippen molar-refractivity contribution >= 4 is 17.2 Å².